The van der Waals surface area contributed by atoms with Gasteiger partial charge in [-0.15, -0.1) is 11.8 Å². The first-order chi connectivity index (χ1) is 7.51. The summed E-state index contributed by atoms with van der Waals surface area (Å²) in [5.74, 6) is -0.0780. The highest BCUT2D eigenvalue weighted by molar-refractivity contribution is 8.01. The van der Waals surface area contributed by atoms with Gasteiger partial charge in [-0.05, 0) is 13.3 Å². The van der Waals surface area contributed by atoms with Gasteiger partial charge in [0.1, 0.15) is 0 Å². The molecule has 1 aliphatic rings. The highest BCUT2D eigenvalue weighted by Gasteiger charge is 2.41. The van der Waals surface area contributed by atoms with Crippen LogP contribution in [0.2, 0.25) is 0 Å². The summed E-state index contributed by atoms with van der Waals surface area (Å²) in [7, 11) is 0. The number of hydrogen-bond donors (Lipinski definition) is 1. The summed E-state index contributed by atoms with van der Waals surface area (Å²) >= 11 is 1.51. The quantitative estimate of drug-likeness (QED) is 0.733. The molecule has 4 nitrogen and oxygen atoms in total. The second-order valence-corrected chi connectivity index (χ2v) is 5.88. The van der Waals surface area contributed by atoms with Crippen LogP contribution in [0.3, 0.4) is 0 Å². The van der Waals surface area contributed by atoms with Crippen LogP contribution in [0.25, 0.3) is 0 Å². The number of nitrogens with zero attached hydrogens (tertiary/aromatic N) is 1. The van der Waals surface area contributed by atoms with E-state index < -0.39 is 0 Å². The molecule has 0 bridgehead atoms. The van der Waals surface area contributed by atoms with Crippen LogP contribution >= 0.6 is 11.8 Å². The van der Waals surface area contributed by atoms with E-state index in [9.17, 15) is 9.59 Å². The van der Waals surface area contributed by atoms with Crippen LogP contribution in [0.5, 0.6) is 0 Å². The molecule has 0 spiro atoms. The van der Waals surface area contributed by atoms with Gasteiger partial charge in [0.2, 0.25) is 11.8 Å². The number of carbonyl (C=O) groups excluding carboxylic acids is 2. The molecular weight excluding hydrogens is 224 g/mol. The van der Waals surface area contributed by atoms with Crippen LogP contribution in [0, 0.1) is 0 Å². The maximum absolute atomic E-state index is 12.0. The Morgan fingerprint density at radius 3 is 2.62 bits per heavy atom. The van der Waals surface area contributed by atoms with Crippen molar-refractivity contribution < 1.29 is 9.59 Å². The Kier molecular flexibility index (Phi) is 4.80. The van der Waals surface area contributed by atoms with E-state index in [-0.39, 0.29) is 28.4 Å². The summed E-state index contributed by atoms with van der Waals surface area (Å²) < 4.78 is 0. The van der Waals surface area contributed by atoms with Crippen LogP contribution in [0.15, 0.2) is 0 Å². The van der Waals surface area contributed by atoms with Crippen LogP contribution in [-0.4, -0.2) is 39.8 Å². The van der Waals surface area contributed by atoms with Gasteiger partial charge in [0.05, 0.1) is 5.25 Å². The number of amides is 2. The van der Waals surface area contributed by atoms with Crippen molar-refractivity contribution in [1.82, 2.24) is 4.90 Å². The van der Waals surface area contributed by atoms with Gasteiger partial charge >= 0.3 is 0 Å². The van der Waals surface area contributed by atoms with Gasteiger partial charge in [0.25, 0.3) is 0 Å². The molecule has 1 rings (SSSR count). The standard InChI is InChI=1S/C11H20N2O2S/c1-4-7(2)13-10(14)5-9(11(13)15)16-8(3)6-12/h7-9H,4-6,12H2,1-3H3. The number of imide groups is 1. The molecule has 0 aromatic carbocycles. The van der Waals surface area contributed by atoms with Gasteiger partial charge in [-0.1, -0.05) is 13.8 Å². The van der Waals surface area contributed by atoms with Gasteiger partial charge in [-0.2, -0.15) is 0 Å². The second-order valence-electron chi connectivity index (χ2n) is 4.23. The average molecular weight is 244 g/mol. The van der Waals surface area contributed by atoms with E-state index in [2.05, 4.69) is 0 Å². The van der Waals surface area contributed by atoms with E-state index in [4.69, 9.17) is 5.73 Å². The molecule has 1 fully saturated rings. The monoisotopic (exact) mass is 244 g/mol. The zero-order chi connectivity index (χ0) is 12.3. The molecule has 3 atom stereocenters. The maximum Gasteiger partial charge on any atom is 0.243 e. The van der Waals surface area contributed by atoms with E-state index in [1.165, 1.54) is 16.7 Å². The molecule has 1 saturated heterocycles. The molecule has 1 heterocycles. The predicted molar refractivity (Wildman–Crippen MR) is 66.1 cm³/mol. The van der Waals surface area contributed by atoms with Crippen LogP contribution in [0.1, 0.15) is 33.6 Å². The zero-order valence-electron chi connectivity index (χ0n) is 10.1. The van der Waals surface area contributed by atoms with E-state index in [0.29, 0.717) is 13.0 Å². The fourth-order valence-electron chi connectivity index (χ4n) is 1.71. The minimum atomic E-state index is -0.222. The Balaban J connectivity index is 2.67. The van der Waals surface area contributed by atoms with Gasteiger partial charge in [0.15, 0.2) is 0 Å². The molecule has 92 valence electrons. The molecule has 16 heavy (non-hydrogen) atoms. The summed E-state index contributed by atoms with van der Waals surface area (Å²) in [4.78, 5) is 25.2. The highest BCUT2D eigenvalue weighted by atomic mass is 32.2. The van der Waals surface area contributed by atoms with Crippen LogP contribution in [-0.2, 0) is 9.59 Å². The number of thioether (sulfide) groups is 1. The Labute approximate surface area is 101 Å². The molecule has 0 aromatic heterocycles. The third-order valence-corrected chi connectivity index (χ3v) is 4.26. The van der Waals surface area contributed by atoms with E-state index in [1.807, 2.05) is 20.8 Å². The molecule has 5 heteroatoms. The van der Waals surface area contributed by atoms with Crippen molar-refractivity contribution in [2.24, 2.45) is 5.73 Å². The molecule has 2 amide bonds. The Bertz CT molecular complexity index is 283. The minimum absolute atomic E-state index is 0.0128. The summed E-state index contributed by atoms with van der Waals surface area (Å²) in [6, 6.07) is 0.0128. The molecule has 2 N–H and O–H groups in total. The fraction of sp³-hybridized carbons (Fsp3) is 0.818. The number of likely N-dealkylation sites (tertiary alicyclic amines) is 1. The lowest BCUT2D eigenvalue weighted by molar-refractivity contribution is -0.140. The topological polar surface area (TPSA) is 63.4 Å². The van der Waals surface area contributed by atoms with Gasteiger partial charge in [0, 0.05) is 24.3 Å². The average Bonchev–Trinajstić information content (AvgIpc) is 2.53. The summed E-state index contributed by atoms with van der Waals surface area (Å²) in [5.41, 5.74) is 5.52. The summed E-state index contributed by atoms with van der Waals surface area (Å²) in [6.07, 6.45) is 1.14. The SMILES string of the molecule is CCC(C)N1C(=O)CC(SC(C)CN)C1=O. The van der Waals surface area contributed by atoms with Gasteiger partial charge < -0.3 is 5.73 Å². The smallest absolute Gasteiger partial charge is 0.243 e. The van der Waals surface area contributed by atoms with Crippen molar-refractivity contribution >= 4 is 23.6 Å². The van der Waals surface area contributed by atoms with Crippen molar-refractivity contribution in [1.29, 1.82) is 0 Å². The summed E-state index contributed by atoms with van der Waals surface area (Å²) in [6.45, 7) is 6.41. The predicted octanol–water partition coefficient (Wildman–Crippen LogP) is 0.993. The molecule has 3 unspecified atom stereocenters. The van der Waals surface area contributed by atoms with Crippen molar-refractivity contribution in [2.75, 3.05) is 6.54 Å². The number of rotatable bonds is 5. The molecule has 0 aromatic rings. The number of hydrogen-bond acceptors (Lipinski definition) is 4. The Morgan fingerprint density at radius 2 is 2.12 bits per heavy atom. The van der Waals surface area contributed by atoms with Crippen molar-refractivity contribution in [3.63, 3.8) is 0 Å². The van der Waals surface area contributed by atoms with Gasteiger partial charge in [-0.25, -0.2) is 0 Å². The lowest BCUT2D eigenvalue weighted by Gasteiger charge is -2.21. The molecule has 0 radical (unpaired) electrons. The fourth-order valence-corrected chi connectivity index (χ4v) is 2.85. The second kappa shape index (κ2) is 5.68. The van der Waals surface area contributed by atoms with Crippen molar-refractivity contribution in [3.05, 3.63) is 0 Å². The van der Waals surface area contributed by atoms with Crippen molar-refractivity contribution in [3.8, 4) is 0 Å². The van der Waals surface area contributed by atoms with Crippen LogP contribution < -0.4 is 5.73 Å². The molecule has 0 aliphatic carbocycles. The Hall–Kier alpha value is -0.550. The largest absolute Gasteiger partial charge is 0.329 e. The van der Waals surface area contributed by atoms with E-state index in [0.717, 1.165) is 6.42 Å². The normalized spacial score (nSPS) is 25.0. The zero-order valence-corrected chi connectivity index (χ0v) is 10.9. The van der Waals surface area contributed by atoms with Crippen LogP contribution in [0.4, 0.5) is 0 Å². The molecular formula is C11H20N2O2S. The Morgan fingerprint density at radius 1 is 1.50 bits per heavy atom. The number of carbonyl (C=O) groups is 2. The first-order valence-corrected chi connectivity index (χ1v) is 6.66. The third kappa shape index (κ3) is 2.77. The highest BCUT2D eigenvalue weighted by Crippen LogP contribution is 2.29. The minimum Gasteiger partial charge on any atom is -0.329 e. The summed E-state index contributed by atoms with van der Waals surface area (Å²) in [5, 5.41) is -0.00122. The van der Waals surface area contributed by atoms with Crippen molar-refractivity contribution in [2.45, 2.75) is 50.2 Å². The third-order valence-electron chi connectivity index (χ3n) is 2.90. The lowest BCUT2D eigenvalue weighted by Crippen LogP contribution is -2.38. The maximum atomic E-state index is 12.0. The first-order valence-electron chi connectivity index (χ1n) is 5.72. The molecule has 0 saturated carbocycles. The van der Waals surface area contributed by atoms with E-state index in [1.54, 1.807) is 0 Å². The molecule has 1 aliphatic heterocycles. The van der Waals surface area contributed by atoms with Gasteiger partial charge in [-0.3, -0.25) is 14.5 Å². The van der Waals surface area contributed by atoms with E-state index >= 15 is 0 Å². The number of nitrogens with two attached hydrogens (primary N) is 1. The first kappa shape index (κ1) is 13.5. The lowest BCUT2D eigenvalue weighted by atomic mass is 10.2.